The molecule has 0 amide bonds. The Balaban J connectivity index is 3.35. The lowest BCUT2D eigenvalue weighted by Gasteiger charge is -1.92. The van der Waals surface area contributed by atoms with Gasteiger partial charge >= 0.3 is 5.97 Å². The van der Waals surface area contributed by atoms with Gasteiger partial charge in [-0.2, -0.15) is 0 Å². The summed E-state index contributed by atoms with van der Waals surface area (Å²) in [5.74, 6) is -0.427. The first kappa shape index (κ1) is 8.75. The van der Waals surface area contributed by atoms with Crippen LogP contribution >= 0.6 is 0 Å². The Bertz CT molecular complexity index is 138. The molecular weight excluding hydrogens is 132 g/mol. The van der Waals surface area contributed by atoms with Crippen molar-refractivity contribution in [2.24, 2.45) is 0 Å². The summed E-state index contributed by atoms with van der Waals surface area (Å²) in [5.41, 5.74) is 0. The van der Waals surface area contributed by atoms with Gasteiger partial charge < -0.3 is 9.47 Å². The Kier molecular flexibility index (Phi) is 5.14. The van der Waals surface area contributed by atoms with Crippen molar-refractivity contribution in [1.82, 2.24) is 0 Å². The summed E-state index contributed by atoms with van der Waals surface area (Å²) in [4.78, 5) is 10.4. The number of hydrogen-bond acceptors (Lipinski definition) is 3. The fourth-order valence-corrected chi connectivity index (χ4v) is 0.295. The zero-order valence-electron chi connectivity index (χ0n) is 5.87. The van der Waals surface area contributed by atoms with Crippen LogP contribution in [-0.2, 0) is 14.3 Å². The third-order valence-corrected chi connectivity index (χ3v) is 0.716. The van der Waals surface area contributed by atoms with Crippen LogP contribution in [0.3, 0.4) is 0 Å². The van der Waals surface area contributed by atoms with Crippen LogP contribution in [0.25, 0.3) is 0 Å². The lowest BCUT2D eigenvalue weighted by molar-refractivity contribution is -0.134. The van der Waals surface area contributed by atoms with Gasteiger partial charge in [-0.1, -0.05) is 12.7 Å². The molecule has 0 aromatic rings. The summed E-state index contributed by atoms with van der Waals surface area (Å²) in [7, 11) is 1.31. The molecule has 0 saturated carbocycles. The lowest BCUT2D eigenvalue weighted by atomic mass is 10.6. The molecule has 0 aromatic carbocycles. The summed E-state index contributed by atoms with van der Waals surface area (Å²) in [6.45, 7) is 3.82. The van der Waals surface area contributed by atoms with E-state index in [-0.39, 0.29) is 0 Å². The third-order valence-electron chi connectivity index (χ3n) is 0.716. The Labute approximate surface area is 59.9 Å². The lowest BCUT2D eigenvalue weighted by Crippen LogP contribution is -1.94. The molecular formula is C7H10O3. The molecule has 0 saturated heterocycles. The maximum Gasteiger partial charge on any atom is 0.333 e. The second kappa shape index (κ2) is 5.88. The third kappa shape index (κ3) is 4.90. The van der Waals surface area contributed by atoms with Crippen molar-refractivity contribution in [3.05, 3.63) is 25.0 Å². The first-order valence-electron chi connectivity index (χ1n) is 2.78. The van der Waals surface area contributed by atoms with Crippen LogP contribution in [0.5, 0.6) is 0 Å². The van der Waals surface area contributed by atoms with Crippen LogP contribution in [-0.4, -0.2) is 19.7 Å². The SMILES string of the molecule is C=CCOC=CC(=O)OC. The van der Waals surface area contributed by atoms with Gasteiger partial charge in [0.2, 0.25) is 0 Å². The van der Waals surface area contributed by atoms with Gasteiger partial charge in [-0.15, -0.1) is 0 Å². The summed E-state index contributed by atoms with van der Waals surface area (Å²) >= 11 is 0. The number of carbonyl (C=O) groups excluding carboxylic acids is 1. The molecule has 0 aliphatic carbocycles. The smallest absolute Gasteiger partial charge is 0.333 e. The molecule has 0 N–H and O–H groups in total. The van der Waals surface area contributed by atoms with Crippen molar-refractivity contribution in [3.8, 4) is 0 Å². The minimum atomic E-state index is -0.427. The average Bonchev–Trinajstić information content (AvgIpc) is 1.98. The molecule has 0 spiro atoms. The van der Waals surface area contributed by atoms with Crippen LogP contribution in [0.15, 0.2) is 25.0 Å². The zero-order chi connectivity index (χ0) is 7.82. The number of hydrogen-bond donors (Lipinski definition) is 0. The molecule has 0 rings (SSSR count). The number of esters is 1. The van der Waals surface area contributed by atoms with Gasteiger partial charge in [0.1, 0.15) is 6.61 Å². The molecule has 0 heterocycles. The van der Waals surface area contributed by atoms with Gasteiger partial charge in [0.25, 0.3) is 0 Å². The molecule has 0 aliphatic heterocycles. The van der Waals surface area contributed by atoms with E-state index in [9.17, 15) is 4.79 Å². The maximum atomic E-state index is 10.4. The Morgan fingerprint density at radius 3 is 2.90 bits per heavy atom. The highest BCUT2D eigenvalue weighted by atomic mass is 16.5. The van der Waals surface area contributed by atoms with Crippen molar-refractivity contribution < 1.29 is 14.3 Å². The largest absolute Gasteiger partial charge is 0.497 e. The standard InChI is InChI=1S/C7H10O3/c1-3-5-10-6-4-7(8)9-2/h3-4,6H,1,5H2,2H3. The molecule has 56 valence electrons. The monoisotopic (exact) mass is 142 g/mol. The normalized spacial score (nSPS) is 9.30. The molecule has 0 bridgehead atoms. The van der Waals surface area contributed by atoms with Crippen LogP contribution in [0.1, 0.15) is 0 Å². The van der Waals surface area contributed by atoms with E-state index in [4.69, 9.17) is 4.74 Å². The summed E-state index contributed by atoms with van der Waals surface area (Å²) in [6, 6.07) is 0. The predicted octanol–water partition coefficient (Wildman–Crippen LogP) is 0.876. The summed E-state index contributed by atoms with van der Waals surface area (Å²) < 4.78 is 9.05. The van der Waals surface area contributed by atoms with Gasteiger partial charge in [0, 0.05) is 0 Å². The van der Waals surface area contributed by atoms with Gasteiger partial charge in [-0.3, -0.25) is 0 Å². The molecule has 3 heteroatoms. The highest BCUT2D eigenvalue weighted by Crippen LogP contribution is 1.80. The van der Waals surface area contributed by atoms with E-state index < -0.39 is 5.97 Å². The molecule has 0 radical (unpaired) electrons. The quantitative estimate of drug-likeness (QED) is 0.192. The average molecular weight is 142 g/mol. The number of carbonyl (C=O) groups is 1. The van der Waals surface area contributed by atoms with E-state index in [1.165, 1.54) is 19.4 Å². The predicted molar refractivity (Wildman–Crippen MR) is 37.3 cm³/mol. The summed E-state index contributed by atoms with van der Waals surface area (Å²) in [6.07, 6.45) is 4.05. The van der Waals surface area contributed by atoms with E-state index in [1.54, 1.807) is 6.08 Å². The fourth-order valence-electron chi connectivity index (χ4n) is 0.295. The Morgan fingerprint density at radius 1 is 1.70 bits per heavy atom. The van der Waals surface area contributed by atoms with E-state index in [2.05, 4.69) is 11.3 Å². The van der Waals surface area contributed by atoms with Crippen LogP contribution in [0.2, 0.25) is 0 Å². The van der Waals surface area contributed by atoms with E-state index in [0.717, 1.165) is 0 Å². The van der Waals surface area contributed by atoms with E-state index in [1.807, 2.05) is 0 Å². The molecule has 0 aliphatic rings. The fraction of sp³-hybridized carbons (Fsp3) is 0.286. The van der Waals surface area contributed by atoms with Crippen LogP contribution in [0.4, 0.5) is 0 Å². The highest BCUT2D eigenvalue weighted by molar-refractivity contribution is 5.81. The van der Waals surface area contributed by atoms with Gasteiger partial charge in [0.05, 0.1) is 19.4 Å². The Hall–Kier alpha value is -1.25. The van der Waals surface area contributed by atoms with Crippen molar-refractivity contribution in [2.45, 2.75) is 0 Å². The Morgan fingerprint density at radius 2 is 2.40 bits per heavy atom. The minimum absolute atomic E-state index is 0.396. The number of ether oxygens (including phenoxy) is 2. The minimum Gasteiger partial charge on any atom is -0.497 e. The van der Waals surface area contributed by atoms with Crippen molar-refractivity contribution in [3.63, 3.8) is 0 Å². The molecule has 0 atom stereocenters. The summed E-state index contributed by atoms with van der Waals surface area (Å²) in [5, 5.41) is 0. The second-order valence-corrected chi connectivity index (χ2v) is 1.45. The molecule has 3 nitrogen and oxygen atoms in total. The number of rotatable bonds is 4. The molecule has 0 unspecified atom stereocenters. The van der Waals surface area contributed by atoms with E-state index in [0.29, 0.717) is 6.61 Å². The molecule has 0 fully saturated rings. The highest BCUT2D eigenvalue weighted by Gasteiger charge is 1.87. The molecule has 0 aromatic heterocycles. The van der Waals surface area contributed by atoms with E-state index >= 15 is 0 Å². The topological polar surface area (TPSA) is 35.5 Å². The molecule has 10 heavy (non-hydrogen) atoms. The maximum absolute atomic E-state index is 10.4. The second-order valence-electron chi connectivity index (χ2n) is 1.45. The van der Waals surface area contributed by atoms with Gasteiger partial charge in [-0.25, -0.2) is 4.79 Å². The van der Waals surface area contributed by atoms with Crippen LogP contribution in [0, 0.1) is 0 Å². The first-order chi connectivity index (χ1) is 4.81. The van der Waals surface area contributed by atoms with Gasteiger partial charge in [-0.05, 0) is 0 Å². The zero-order valence-corrected chi connectivity index (χ0v) is 5.87. The van der Waals surface area contributed by atoms with Crippen LogP contribution < -0.4 is 0 Å². The van der Waals surface area contributed by atoms with Crippen molar-refractivity contribution >= 4 is 5.97 Å². The van der Waals surface area contributed by atoms with Gasteiger partial charge in [0.15, 0.2) is 0 Å². The first-order valence-corrected chi connectivity index (χ1v) is 2.78. The van der Waals surface area contributed by atoms with Crippen molar-refractivity contribution in [2.75, 3.05) is 13.7 Å². The van der Waals surface area contributed by atoms with Crippen molar-refractivity contribution in [1.29, 1.82) is 0 Å². The number of methoxy groups -OCH3 is 1.